The number of nitrogens with one attached hydrogen (secondary N) is 1. The number of hydrogen-bond donors (Lipinski definition) is 3. The lowest BCUT2D eigenvalue weighted by atomic mass is 10.1. The Morgan fingerprint density at radius 2 is 2.07 bits per heavy atom. The summed E-state index contributed by atoms with van der Waals surface area (Å²) in [6, 6.07) is 4.38. The van der Waals surface area contributed by atoms with Crippen LogP contribution in [-0.4, -0.2) is 28.4 Å². The minimum absolute atomic E-state index is 0.00661. The van der Waals surface area contributed by atoms with Gasteiger partial charge in [-0.05, 0) is 38.2 Å². The van der Waals surface area contributed by atoms with Crippen molar-refractivity contribution in [2.24, 2.45) is 0 Å². The van der Waals surface area contributed by atoms with Crippen LogP contribution in [0.4, 0.5) is 4.39 Å². The van der Waals surface area contributed by atoms with Crippen molar-refractivity contribution in [3.8, 4) is 22.8 Å². The standard InChI is InChI=1S/C16H20BrClFNO5SSi/c1-27(2,3)25-16-13(21)14(9-5-4-6-11(18)12(9)19)24-15(16)10(17)7-8-20-26(22)23/h4-6,10,21,26H,7-8H2,1-3H3,(H,20,22,23). The van der Waals surface area contributed by atoms with Crippen LogP contribution < -0.4 is 9.15 Å². The number of alkyl halides is 1. The predicted molar refractivity (Wildman–Crippen MR) is 109 cm³/mol. The molecule has 6 nitrogen and oxygen atoms in total. The highest BCUT2D eigenvalue weighted by Gasteiger charge is 2.31. The second kappa shape index (κ2) is 8.95. The highest BCUT2D eigenvalue weighted by molar-refractivity contribution is 9.09. The quantitative estimate of drug-likeness (QED) is 0.280. The summed E-state index contributed by atoms with van der Waals surface area (Å²) in [7, 11) is -4.86. The largest absolute Gasteiger partial charge is 0.539 e. The predicted octanol–water partition coefficient (Wildman–Crippen LogP) is 4.60. The van der Waals surface area contributed by atoms with Gasteiger partial charge in [-0.2, -0.15) is 0 Å². The molecule has 0 spiro atoms. The van der Waals surface area contributed by atoms with Crippen LogP contribution in [0.2, 0.25) is 24.7 Å². The number of rotatable bonds is 8. The van der Waals surface area contributed by atoms with Gasteiger partial charge in [-0.15, -0.1) is 0 Å². The number of benzene rings is 1. The van der Waals surface area contributed by atoms with Crippen LogP contribution in [0.25, 0.3) is 11.3 Å². The molecule has 27 heavy (non-hydrogen) atoms. The van der Waals surface area contributed by atoms with Crippen LogP contribution in [0.1, 0.15) is 17.0 Å². The van der Waals surface area contributed by atoms with E-state index in [-0.39, 0.29) is 40.2 Å². The molecular formula is C16H20BrClFNO5SSi. The van der Waals surface area contributed by atoms with Crippen molar-refractivity contribution in [1.29, 1.82) is 0 Å². The van der Waals surface area contributed by atoms with Gasteiger partial charge < -0.3 is 13.9 Å². The molecule has 0 aliphatic carbocycles. The number of aromatic hydroxyl groups is 1. The van der Waals surface area contributed by atoms with E-state index in [0.717, 1.165) is 0 Å². The summed E-state index contributed by atoms with van der Waals surface area (Å²) in [6.45, 7) is 5.94. The summed E-state index contributed by atoms with van der Waals surface area (Å²) in [4.78, 5) is -0.465. The van der Waals surface area contributed by atoms with Gasteiger partial charge in [-0.3, -0.25) is 0 Å². The van der Waals surface area contributed by atoms with Crippen molar-refractivity contribution in [3.63, 3.8) is 0 Å². The maximum absolute atomic E-state index is 14.4. The number of halogens is 3. The summed E-state index contributed by atoms with van der Waals surface area (Å²) in [6.07, 6.45) is 0.329. The second-order valence-corrected chi connectivity index (χ2v) is 13.5. The first kappa shape index (κ1) is 22.2. The molecule has 0 aliphatic heterocycles. The molecule has 1 unspecified atom stereocenters. The summed E-state index contributed by atoms with van der Waals surface area (Å²) in [5, 5.41) is 10.6. The van der Waals surface area contributed by atoms with Gasteiger partial charge in [0.15, 0.2) is 23.1 Å². The van der Waals surface area contributed by atoms with Gasteiger partial charge in [0.2, 0.25) is 25.0 Å². The SMILES string of the molecule is C[Si](C)(C)Oc1c(C(Br)CCN[SH](=O)=O)oc(-c2cccc(Cl)c2F)c1O. The van der Waals surface area contributed by atoms with Crippen molar-refractivity contribution in [3.05, 3.63) is 34.8 Å². The zero-order valence-electron chi connectivity index (χ0n) is 14.9. The van der Waals surface area contributed by atoms with Gasteiger partial charge >= 0.3 is 0 Å². The summed E-state index contributed by atoms with van der Waals surface area (Å²) in [5.41, 5.74) is 0.00661. The molecule has 2 rings (SSSR count). The molecule has 0 saturated carbocycles. The van der Waals surface area contributed by atoms with Gasteiger partial charge in [0, 0.05) is 6.54 Å². The third-order valence-electron chi connectivity index (χ3n) is 3.39. The summed E-state index contributed by atoms with van der Waals surface area (Å²) >= 11 is 9.25. The maximum Gasteiger partial charge on any atom is 0.242 e. The van der Waals surface area contributed by atoms with Gasteiger partial charge in [0.1, 0.15) is 0 Å². The number of hydrogen-bond acceptors (Lipinski definition) is 5. The van der Waals surface area contributed by atoms with E-state index in [9.17, 15) is 17.9 Å². The Morgan fingerprint density at radius 1 is 1.41 bits per heavy atom. The van der Waals surface area contributed by atoms with Gasteiger partial charge in [-0.1, -0.05) is 33.6 Å². The molecule has 1 aromatic heterocycles. The molecule has 1 atom stereocenters. The topological polar surface area (TPSA) is 88.8 Å². The van der Waals surface area contributed by atoms with Gasteiger partial charge in [-0.25, -0.2) is 17.5 Å². The van der Waals surface area contributed by atoms with E-state index < -0.39 is 29.9 Å². The zero-order valence-corrected chi connectivity index (χ0v) is 19.1. The lowest BCUT2D eigenvalue weighted by Crippen LogP contribution is -2.29. The smallest absolute Gasteiger partial charge is 0.242 e. The number of thiol groups is 1. The normalized spacial score (nSPS) is 13.1. The Kier molecular flexibility index (Phi) is 7.37. The third-order valence-corrected chi connectivity index (χ3v) is 5.86. The molecule has 2 aromatic rings. The van der Waals surface area contributed by atoms with Crippen LogP contribution in [0.15, 0.2) is 22.6 Å². The zero-order chi connectivity index (χ0) is 20.4. The molecule has 1 heterocycles. The van der Waals surface area contributed by atoms with Crippen molar-refractivity contribution in [1.82, 2.24) is 4.72 Å². The van der Waals surface area contributed by atoms with Crippen LogP contribution >= 0.6 is 27.5 Å². The second-order valence-electron chi connectivity index (χ2n) is 6.71. The van der Waals surface area contributed by atoms with E-state index in [4.69, 9.17) is 20.4 Å². The van der Waals surface area contributed by atoms with Gasteiger partial charge in [0.05, 0.1) is 15.4 Å². The fourth-order valence-electron chi connectivity index (χ4n) is 2.31. The van der Waals surface area contributed by atoms with Crippen LogP contribution in [0, 0.1) is 5.82 Å². The fourth-order valence-corrected chi connectivity index (χ4v) is 4.14. The van der Waals surface area contributed by atoms with Crippen molar-refractivity contribution in [2.45, 2.75) is 30.9 Å². The summed E-state index contributed by atoms with van der Waals surface area (Å²) < 4.78 is 49.7. The Hall–Kier alpha value is -1.07. The molecule has 0 amide bonds. The van der Waals surface area contributed by atoms with E-state index >= 15 is 0 Å². The Balaban J connectivity index is 2.49. The molecule has 2 N–H and O–H groups in total. The van der Waals surface area contributed by atoms with E-state index in [0.29, 0.717) is 6.42 Å². The van der Waals surface area contributed by atoms with Crippen LogP contribution in [0.5, 0.6) is 11.5 Å². The maximum atomic E-state index is 14.4. The molecule has 0 saturated heterocycles. The molecule has 0 aliphatic rings. The minimum atomic E-state index is -2.71. The molecule has 1 aromatic carbocycles. The Bertz CT molecular complexity index is 892. The first-order chi connectivity index (χ1) is 12.5. The van der Waals surface area contributed by atoms with Crippen LogP contribution in [0.3, 0.4) is 0 Å². The highest BCUT2D eigenvalue weighted by atomic mass is 79.9. The average Bonchev–Trinajstić information content (AvgIpc) is 2.85. The van der Waals surface area contributed by atoms with Gasteiger partial charge in [0.25, 0.3) is 0 Å². The van der Waals surface area contributed by atoms with Crippen LogP contribution in [-0.2, 0) is 10.9 Å². The molecule has 0 fully saturated rings. The average molecular weight is 501 g/mol. The lowest BCUT2D eigenvalue weighted by molar-refractivity contribution is 0.438. The summed E-state index contributed by atoms with van der Waals surface area (Å²) in [5.74, 6) is -0.749. The Labute approximate surface area is 173 Å². The third kappa shape index (κ3) is 5.70. The molecule has 11 heteroatoms. The lowest BCUT2D eigenvalue weighted by Gasteiger charge is -2.20. The number of furan rings is 1. The monoisotopic (exact) mass is 499 g/mol. The fraction of sp³-hybridized carbons (Fsp3) is 0.375. The molecule has 150 valence electrons. The van der Waals surface area contributed by atoms with E-state index in [2.05, 4.69) is 20.7 Å². The van der Waals surface area contributed by atoms with Crippen molar-refractivity contribution >= 4 is 46.7 Å². The first-order valence-corrected chi connectivity index (χ1v) is 13.9. The molecular weight excluding hydrogens is 481 g/mol. The minimum Gasteiger partial charge on any atom is -0.539 e. The van der Waals surface area contributed by atoms with Crippen molar-refractivity contribution in [2.75, 3.05) is 6.54 Å². The first-order valence-electron chi connectivity index (χ1n) is 8.02. The van der Waals surface area contributed by atoms with E-state index in [1.165, 1.54) is 12.1 Å². The van der Waals surface area contributed by atoms with E-state index in [1.54, 1.807) is 6.07 Å². The van der Waals surface area contributed by atoms with Crippen molar-refractivity contribution < 1.29 is 26.8 Å². The highest BCUT2D eigenvalue weighted by Crippen LogP contribution is 2.49. The molecule has 0 bridgehead atoms. The van der Waals surface area contributed by atoms with E-state index in [1.807, 2.05) is 19.6 Å². The Morgan fingerprint density at radius 3 is 2.67 bits per heavy atom. The molecule has 0 radical (unpaired) electrons.